The predicted molar refractivity (Wildman–Crippen MR) is 63.6 cm³/mol. The van der Waals surface area contributed by atoms with Crippen molar-refractivity contribution in [2.45, 2.75) is 12.5 Å². The molecule has 0 saturated carbocycles. The van der Waals surface area contributed by atoms with E-state index in [4.69, 9.17) is 11.6 Å². The second-order valence-electron chi connectivity index (χ2n) is 3.77. The lowest BCUT2D eigenvalue weighted by atomic mass is 10.2. The Morgan fingerprint density at radius 2 is 1.94 bits per heavy atom. The summed E-state index contributed by atoms with van der Waals surface area (Å²) in [5.41, 5.74) is 5.28. The average molecular weight is 268 g/mol. The summed E-state index contributed by atoms with van der Waals surface area (Å²) in [5, 5.41) is 2.66. The molecule has 0 bridgehead atoms. The monoisotopic (exact) mass is 267 g/mol. The normalized spacial score (nSPS) is 18.6. The second kappa shape index (κ2) is 5.16. The molecule has 1 aromatic carbocycles. The molecule has 1 aliphatic rings. The molecule has 1 atom stereocenters. The first-order valence-electron chi connectivity index (χ1n) is 5.21. The number of benzene rings is 1. The summed E-state index contributed by atoms with van der Waals surface area (Å²) in [6.45, 7) is 0. The highest BCUT2D eigenvalue weighted by atomic mass is 35.5. The van der Waals surface area contributed by atoms with Gasteiger partial charge in [-0.15, -0.1) is 0 Å². The van der Waals surface area contributed by atoms with Crippen molar-refractivity contribution in [2.75, 3.05) is 0 Å². The minimum atomic E-state index is -0.728. The Kier molecular flexibility index (Phi) is 3.59. The van der Waals surface area contributed by atoms with Gasteiger partial charge in [0.2, 0.25) is 11.8 Å². The maximum atomic E-state index is 11.7. The van der Waals surface area contributed by atoms with Crippen LogP contribution in [-0.2, 0) is 9.59 Å². The van der Waals surface area contributed by atoms with Crippen molar-refractivity contribution in [1.29, 1.82) is 0 Å². The Morgan fingerprint density at radius 1 is 1.28 bits per heavy atom. The lowest BCUT2D eigenvalue weighted by Crippen LogP contribution is -2.47. The van der Waals surface area contributed by atoms with E-state index in [1.165, 1.54) is 0 Å². The Labute approximate surface area is 108 Å². The fourth-order valence-corrected chi connectivity index (χ4v) is 1.62. The molecule has 1 saturated heterocycles. The van der Waals surface area contributed by atoms with Gasteiger partial charge in [-0.2, -0.15) is 0 Å². The quantitative estimate of drug-likeness (QED) is 0.531. The molecule has 7 heteroatoms. The number of imide groups is 1. The first kappa shape index (κ1) is 12.5. The summed E-state index contributed by atoms with van der Waals surface area (Å²) in [4.78, 5) is 33.8. The first-order chi connectivity index (χ1) is 8.56. The van der Waals surface area contributed by atoms with Crippen molar-refractivity contribution in [3.05, 3.63) is 34.9 Å². The molecule has 1 fully saturated rings. The van der Waals surface area contributed by atoms with Crippen LogP contribution in [0.5, 0.6) is 0 Å². The van der Waals surface area contributed by atoms with Gasteiger partial charge in [-0.3, -0.25) is 25.1 Å². The summed E-state index contributed by atoms with van der Waals surface area (Å²) < 4.78 is 0. The number of hydrogen-bond acceptors (Lipinski definition) is 4. The largest absolute Gasteiger partial charge is 0.295 e. The Morgan fingerprint density at radius 3 is 2.50 bits per heavy atom. The molecular weight excluding hydrogens is 258 g/mol. The van der Waals surface area contributed by atoms with E-state index in [1.807, 2.05) is 0 Å². The summed E-state index contributed by atoms with van der Waals surface area (Å²) in [5.74, 6) is -1.21. The molecule has 0 spiro atoms. The van der Waals surface area contributed by atoms with Crippen molar-refractivity contribution in [3.8, 4) is 0 Å². The van der Waals surface area contributed by atoms with E-state index >= 15 is 0 Å². The minimum Gasteiger partial charge on any atom is -0.295 e. The topological polar surface area (TPSA) is 87.3 Å². The van der Waals surface area contributed by atoms with Crippen molar-refractivity contribution in [1.82, 2.24) is 16.2 Å². The SMILES string of the molecule is O=C1C[C@@H](NNC(=O)c2ccc(Cl)cc2)C(=O)N1. The number of amides is 3. The van der Waals surface area contributed by atoms with E-state index in [1.54, 1.807) is 24.3 Å². The first-order valence-corrected chi connectivity index (χ1v) is 5.59. The van der Waals surface area contributed by atoms with Gasteiger partial charge >= 0.3 is 0 Å². The average Bonchev–Trinajstić information content (AvgIpc) is 2.66. The molecule has 1 aliphatic heterocycles. The van der Waals surface area contributed by atoms with Gasteiger partial charge in [-0.05, 0) is 24.3 Å². The third-order valence-electron chi connectivity index (χ3n) is 2.43. The highest BCUT2D eigenvalue weighted by Gasteiger charge is 2.30. The number of carbonyl (C=O) groups is 3. The Bertz CT molecular complexity index is 501. The van der Waals surface area contributed by atoms with Gasteiger partial charge in [0, 0.05) is 10.6 Å². The van der Waals surface area contributed by atoms with E-state index < -0.39 is 17.9 Å². The summed E-state index contributed by atoms with van der Waals surface area (Å²) in [6.07, 6.45) is 0.0136. The van der Waals surface area contributed by atoms with Gasteiger partial charge in [-0.1, -0.05) is 11.6 Å². The van der Waals surface area contributed by atoms with Crippen molar-refractivity contribution in [2.24, 2.45) is 0 Å². The van der Waals surface area contributed by atoms with Crippen LogP contribution in [0, 0.1) is 0 Å². The van der Waals surface area contributed by atoms with Crippen LogP contribution in [0.4, 0.5) is 0 Å². The van der Waals surface area contributed by atoms with E-state index in [0.717, 1.165) is 0 Å². The fraction of sp³-hybridized carbons (Fsp3) is 0.182. The number of rotatable bonds is 3. The van der Waals surface area contributed by atoms with Crippen LogP contribution < -0.4 is 16.2 Å². The van der Waals surface area contributed by atoms with Gasteiger partial charge < -0.3 is 0 Å². The molecule has 1 heterocycles. The van der Waals surface area contributed by atoms with Gasteiger partial charge in [0.15, 0.2) is 0 Å². The van der Waals surface area contributed by atoms with Gasteiger partial charge in [-0.25, -0.2) is 5.43 Å². The number of halogens is 1. The third-order valence-corrected chi connectivity index (χ3v) is 2.69. The maximum Gasteiger partial charge on any atom is 0.265 e. The third kappa shape index (κ3) is 2.85. The molecular formula is C11H10ClN3O3. The molecule has 0 aliphatic carbocycles. The van der Waals surface area contributed by atoms with Crippen molar-refractivity contribution in [3.63, 3.8) is 0 Å². The second-order valence-corrected chi connectivity index (χ2v) is 4.21. The van der Waals surface area contributed by atoms with Crippen LogP contribution in [0.1, 0.15) is 16.8 Å². The molecule has 0 radical (unpaired) electrons. The van der Waals surface area contributed by atoms with Crippen LogP contribution in [-0.4, -0.2) is 23.8 Å². The minimum absolute atomic E-state index is 0.0136. The fourth-order valence-electron chi connectivity index (χ4n) is 1.50. The standard InChI is InChI=1S/C11H10ClN3O3/c12-7-3-1-6(2-4-7)10(17)15-14-8-5-9(16)13-11(8)18/h1-4,8,14H,5H2,(H,15,17)(H,13,16,18)/t8-/m1/s1. The highest BCUT2D eigenvalue weighted by Crippen LogP contribution is 2.09. The lowest BCUT2D eigenvalue weighted by molar-refractivity contribution is -0.125. The molecule has 2 rings (SSSR count). The maximum absolute atomic E-state index is 11.7. The molecule has 1 aromatic rings. The van der Waals surface area contributed by atoms with Crippen LogP contribution in [0.15, 0.2) is 24.3 Å². The summed E-state index contributed by atoms with van der Waals surface area (Å²) >= 11 is 5.69. The van der Waals surface area contributed by atoms with Crippen LogP contribution >= 0.6 is 11.6 Å². The Hall–Kier alpha value is -1.92. The number of hydrazine groups is 1. The van der Waals surface area contributed by atoms with Crippen LogP contribution in [0.2, 0.25) is 5.02 Å². The number of hydrogen-bond donors (Lipinski definition) is 3. The van der Waals surface area contributed by atoms with E-state index in [0.29, 0.717) is 10.6 Å². The lowest BCUT2D eigenvalue weighted by Gasteiger charge is -2.10. The summed E-state index contributed by atoms with van der Waals surface area (Å²) in [7, 11) is 0. The molecule has 94 valence electrons. The molecule has 3 amide bonds. The predicted octanol–water partition coefficient (Wildman–Crippen LogP) is -0.0105. The summed E-state index contributed by atoms with van der Waals surface area (Å²) in [6, 6.07) is 5.55. The van der Waals surface area contributed by atoms with Gasteiger partial charge in [0.05, 0.1) is 6.42 Å². The molecule has 3 N–H and O–H groups in total. The number of nitrogens with one attached hydrogen (secondary N) is 3. The van der Waals surface area contributed by atoms with Crippen LogP contribution in [0.25, 0.3) is 0 Å². The molecule has 6 nitrogen and oxygen atoms in total. The van der Waals surface area contributed by atoms with Crippen molar-refractivity contribution >= 4 is 29.3 Å². The molecule has 0 unspecified atom stereocenters. The smallest absolute Gasteiger partial charge is 0.265 e. The van der Waals surface area contributed by atoms with E-state index in [2.05, 4.69) is 16.2 Å². The zero-order valence-corrected chi connectivity index (χ0v) is 9.95. The van der Waals surface area contributed by atoms with E-state index in [-0.39, 0.29) is 12.3 Å². The zero-order chi connectivity index (χ0) is 13.1. The van der Waals surface area contributed by atoms with Crippen LogP contribution in [0.3, 0.4) is 0 Å². The highest BCUT2D eigenvalue weighted by molar-refractivity contribution is 6.30. The Balaban J connectivity index is 1.90. The molecule has 0 aromatic heterocycles. The van der Waals surface area contributed by atoms with Gasteiger partial charge in [0.25, 0.3) is 5.91 Å². The van der Waals surface area contributed by atoms with Crippen molar-refractivity contribution < 1.29 is 14.4 Å². The molecule has 18 heavy (non-hydrogen) atoms. The van der Waals surface area contributed by atoms with Gasteiger partial charge in [0.1, 0.15) is 6.04 Å². The number of carbonyl (C=O) groups excluding carboxylic acids is 3. The van der Waals surface area contributed by atoms with E-state index in [9.17, 15) is 14.4 Å². The zero-order valence-electron chi connectivity index (χ0n) is 9.20.